The molecule has 1 aromatic heterocycles. The van der Waals surface area contributed by atoms with E-state index in [1.165, 1.54) is 6.07 Å². The van der Waals surface area contributed by atoms with E-state index in [0.717, 1.165) is 18.5 Å². The fraction of sp³-hybridized carbons (Fsp3) is 0.316. The molecule has 0 saturated carbocycles. The molecule has 1 aromatic carbocycles. The lowest BCUT2D eigenvalue weighted by atomic mass is 10.1. The molecule has 0 spiro atoms. The van der Waals surface area contributed by atoms with Crippen LogP contribution >= 0.6 is 0 Å². The molecule has 0 aliphatic carbocycles. The Morgan fingerprint density at radius 1 is 1.31 bits per heavy atom. The molecule has 1 aliphatic rings. The maximum absolute atomic E-state index is 12.3. The third kappa shape index (κ3) is 3.93. The minimum Gasteiger partial charge on any atom is -0.478 e. The summed E-state index contributed by atoms with van der Waals surface area (Å²) in [6.45, 7) is 2.91. The van der Waals surface area contributed by atoms with Crippen LogP contribution in [0.15, 0.2) is 34.7 Å². The number of aryl methyl sites for hydroxylation is 1. The average Bonchev–Trinajstić information content (AvgIpc) is 3.19. The number of nitrogens with zero attached hydrogens (tertiary/aromatic N) is 1. The number of carbonyl (C=O) groups excluding carboxylic acids is 2. The summed E-state index contributed by atoms with van der Waals surface area (Å²) >= 11 is 0. The van der Waals surface area contributed by atoms with Crippen LogP contribution in [0, 0.1) is 6.92 Å². The molecule has 1 fully saturated rings. The molecule has 1 saturated heterocycles. The molecule has 0 atom stereocenters. The summed E-state index contributed by atoms with van der Waals surface area (Å²) in [6, 6.07) is 8.53. The summed E-state index contributed by atoms with van der Waals surface area (Å²) in [5.41, 5.74) is 1.47. The number of amides is 2. The van der Waals surface area contributed by atoms with Crippen LogP contribution in [0.1, 0.15) is 50.6 Å². The molecule has 0 unspecified atom stereocenters. The van der Waals surface area contributed by atoms with Gasteiger partial charge in [0.2, 0.25) is 5.91 Å². The summed E-state index contributed by atoms with van der Waals surface area (Å²) in [6.07, 6.45) is 1.46. The summed E-state index contributed by atoms with van der Waals surface area (Å²) < 4.78 is 5.35. The number of rotatable bonds is 6. The molecule has 2 amide bonds. The number of likely N-dealkylation sites (tertiary alicyclic amines) is 1. The number of carboxylic acid groups (broad SMARTS) is 1. The molecule has 3 rings (SSSR count). The number of aromatic carboxylic acids is 1. The molecule has 7 heteroatoms. The SMILES string of the molecule is Cc1oc(CNC(=O)c2cccc(CN3CCCC3=O)c2)cc1C(=O)O. The van der Waals surface area contributed by atoms with Gasteiger partial charge in [0.05, 0.1) is 6.54 Å². The zero-order valence-corrected chi connectivity index (χ0v) is 14.4. The fourth-order valence-corrected chi connectivity index (χ4v) is 3.02. The third-order valence-corrected chi connectivity index (χ3v) is 4.36. The largest absolute Gasteiger partial charge is 0.478 e. The second-order valence-electron chi connectivity index (χ2n) is 6.29. The Kier molecular flexibility index (Phi) is 5.06. The Bertz CT molecular complexity index is 855. The van der Waals surface area contributed by atoms with E-state index in [1.807, 2.05) is 6.07 Å². The van der Waals surface area contributed by atoms with E-state index in [2.05, 4.69) is 5.32 Å². The first kappa shape index (κ1) is 17.7. The van der Waals surface area contributed by atoms with Crippen molar-refractivity contribution in [3.8, 4) is 0 Å². The molecule has 0 bridgehead atoms. The van der Waals surface area contributed by atoms with E-state index in [4.69, 9.17) is 9.52 Å². The van der Waals surface area contributed by atoms with Gasteiger partial charge in [0.25, 0.3) is 5.91 Å². The van der Waals surface area contributed by atoms with Gasteiger partial charge in [-0.15, -0.1) is 0 Å². The van der Waals surface area contributed by atoms with Gasteiger partial charge in [-0.3, -0.25) is 9.59 Å². The average molecular weight is 356 g/mol. The second-order valence-corrected chi connectivity index (χ2v) is 6.29. The van der Waals surface area contributed by atoms with Crippen molar-refractivity contribution >= 4 is 17.8 Å². The van der Waals surface area contributed by atoms with Crippen LogP contribution in [0.25, 0.3) is 0 Å². The van der Waals surface area contributed by atoms with Gasteiger partial charge in [-0.1, -0.05) is 12.1 Å². The van der Waals surface area contributed by atoms with Crippen LogP contribution in [-0.2, 0) is 17.9 Å². The van der Waals surface area contributed by atoms with Gasteiger partial charge in [0, 0.05) is 25.1 Å². The third-order valence-electron chi connectivity index (χ3n) is 4.36. The zero-order valence-electron chi connectivity index (χ0n) is 14.4. The first-order valence-electron chi connectivity index (χ1n) is 8.41. The number of benzene rings is 1. The lowest BCUT2D eigenvalue weighted by Crippen LogP contribution is -2.25. The summed E-state index contributed by atoms with van der Waals surface area (Å²) in [4.78, 5) is 36.9. The Labute approximate surface area is 150 Å². The van der Waals surface area contributed by atoms with Crippen molar-refractivity contribution in [3.63, 3.8) is 0 Å². The van der Waals surface area contributed by atoms with Gasteiger partial charge in [0.15, 0.2) is 0 Å². The van der Waals surface area contributed by atoms with Crippen molar-refractivity contribution in [1.82, 2.24) is 10.2 Å². The van der Waals surface area contributed by atoms with Crippen LogP contribution in [0.2, 0.25) is 0 Å². The maximum Gasteiger partial charge on any atom is 0.339 e. The first-order chi connectivity index (χ1) is 12.4. The van der Waals surface area contributed by atoms with E-state index in [0.29, 0.717) is 30.0 Å². The van der Waals surface area contributed by atoms with Crippen LogP contribution < -0.4 is 5.32 Å². The molecular formula is C19H20N2O5. The highest BCUT2D eigenvalue weighted by molar-refractivity contribution is 5.94. The van der Waals surface area contributed by atoms with Gasteiger partial charge in [-0.05, 0) is 37.1 Å². The molecule has 7 nitrogen and oxygen atoms in total. The summed E-state index contributed by atoms with van der Waals surface area (Å²) in [5, 5.41) is 11.7. The normalized spacial score (nSPS) is 13.9. The number of nitrogens with one attached hydrogen (secondary N) is 1. The van der Waals surface area contributed by atoms with Crippen molar-refractivity contribution < 1.29 is 23.9 Å². The van der Waals surface area contributed by atoms with E-state index in [1.54, 1.807) is 30.0 Å². The minimum absolute atomic E-state index is 0.0894. The standard InChI is InChI=1S/C19H20N2O5/c1-12-16(19(24)25)9-15(26-12)10-20-18(23)14-5-2-4-13(8-14)11-21-7-3-6-17(21)22/h2,4-5,8-9H,3,6-7,10-11H2,1H3,(H,20,23)(H,24,25). The number of carbonyl (C=O) groups is 3. The van der Waals surface area contributed by atoms with Gasteiger partial charge in [0.1, 0.15) is 17.1 Å². The lowest BCUT2D eigenvalue weighted by molar-refractivity contribution is -0.128. The second kappa shape index (κ2) is 7.43. The number of hydrogen-bond acceptors (Lipinski definition) is 4. The fourth-order valence-electron chi connectivity index (χ4n) is 3.02. The van der Waals surface area contributed by atoms with Crippen LogP contribution in [-0.4, -0.2) is 34.3 Å². The molecule has 2 aromatic rings. The van der Waals surface area contributed by atoms with E-state index < -0.39 is 5.97 Å². The number of carboxylic acids is 1. The van der Waals surface area contributed by atoms with Gasteiger partial charge < -0.3 is 19.7 Å². The Balaban J connectivity index is 1.62. The Hall–Kier alpha value is -3.09. The predicted octanol–water partition coefficient (Wildman–Crippen LogP) is 2.34. The van der Waals surface area contributed by atoms with Crippen molar-refractivity contribution in [2.75, 3.05) is 6.54 Å². The Morgan fingerprint density at radius 3 is 2.77 bits per heavy atom. The van der Waals surface area contributed by atoms with E-state index in [9.17, 15) is 14.4 Å². The van der Waals surface area contributed by atoms with E-state index in [-0.39, 0.29) is 23.9 Å². The minimum atomic E-state index is -1.06. The van der Waals surface area contributed by atoms with E-state index >= 15 is 0 Å². The molecular weight excluding hydrogens is 336 g/mol. The Morgan fingerprint density at radius 2 is 2.12 bits per heavy atom. The van der Waals surface area contributed by atoms with Gasteiger partial charge in [-0.25, -0.2) is 4.79 Å². The first-order valence-corrected chi connectivity index (χ1v) is 8.41. The summed E-state index contributed by atoms with van der Waals surface area (Å²) in [5.74, 6) is -0.521. The maximum atomic E-state index is 12.3. The van der Waals surface area contributed by atoms with Crippen LogP contribution in [0.5, 0.6) is 0 Å². The highest BCUT2D eigenvalue weighted by Crippen LogP contribution is 2.16. The lowest BCUT2D eigenvalue weighted by Gasteiger charge is -2.16. The topological polar surface area (TPSA) is 99.9 Å². The quantitative estimate of drug-likeness (QED) is 0.827. The van der Waals surface area contributed by atoms with Gasteiger partial charge >= 0.3 is 5.97 Å². The van der Waals surface area contributed by atoms with Crippen molar-refractivity contribution in [2.24, 2.45) is 0 Å². The van der Waals surface area contributed by atoms with Crippen molar-refractivity contribution in [3.05, 3.63) is 58.5 Å². The highest BCUT2D eigenvalue weighted by atomic mass is 16.4. The highest BCUT2D eigenvalue weighted by Gasteiger charge is 2.20. The van der Waals surface area contributed by atoms with Crippen molar-refractivity contribution in [1.29, 1.82) is 0 Å². The molecule has 136 valence electrons. The monoisotopic (exact) mass is 356 g/mol. The molecule has 1 aliphatic heterocycles. The van der Waals surface area contributed by atoms with Crippen molar-refractivity contribution in [2.45, 2.75) is 32.9 Å². The molecule has 2 N–H and O–H groups in total. The zero-order chi connectivity index (χ0) is 18.7. The molecule has 0 radical (unpaired) electrons. The molecule has 2 heterocycles. The van der Waals surface area contributed by atoms with Crippen LogP contribution in [0.3, 0.4) is 0 Å². The van der Waals surface area contributed by atoms with Gasteiger partial charge in [-0.2, -0.15) is 0 Å². The molecule has 26 heavy (non-hydrogen) atoms. The smallest absolute Gasteiger partial charge is 0.339 e. The summed E-state index contributed by atoms with van der Waals surface area (Å²) in [7, 11) is 0. The van der Waals surface area contributed by atoms with Crippen LogP contribution in [0.4, 0.5) is 0 Å². The number of hydrogen-bond donors (Lipinski definition) is 2. The predicted molar refractivity (Wildman–Crippen MR) is 92.7 cm³/mol. The number of furan rings is 1.